The maximum absolute atomic E-state index is 11.8. The zero-order chi connectivity index (χ0) is 14.2. The molecule has 1 amide bonds. The average Bonchev–Trinajstić information content (AvgIpc) is 2.52. The van der Waals surface area contributed by atoms with Crippen LogP contribution in [0, 0.1) is 0 Å². The first-order valence-corrected chi connectivity index (χ1v) is 6.78. The fraction of sp³-hybridized carbons (Fsp3) is 0.167. The van der Waals surface area contributed by atoms with Crippen LogP contribution in [0.2, 0.25) is 0 Å². The standard InChI is InChI=1S/C18H19NO/c1-15(17-10-6-3-7-11-17)12-13-18(20)19-14-16-8-4-2-5-9-16/h2-12H,13-14H2,1H3,(H,19,20). The Labute approximate surface area is 120 Å². The Kier molecular flexibility index (Phi) is 5.13. The van der Waals surface area contributed by atoms with Gasteiger partial charge in [0.15, 0.2) is 0 Å². The van der Waals surface area contributed by atoms with Crippen LogP contribution < -0.4 is 5.32 Å². The summed E-state index contributed by atoms with van der Waals surface area (Å²) in [5.41, 5.74) is 3.40. The molecule has 0 unspecified atom stereocenters. The van der Waals surface area contributed by atoms with Crippen molar-refractivity contribution in [2.45, 2.75) is 19.9 Å². The highest BCUT2D eigenvalue weighted by Crippen LogP contribution is 2.13. The van der Waals surface area contributed by atoms with Crippen LogP contribution in [0.15, 0.2) is 66.7 Å². The lowest BCUT2D eigenvalue weighted by molar-refractivity contribution is -0.120. The molecule has 0 saturated carbocycles. The summed E-state index contributed by atoms with van der Waals surface area (Å²) in [6.07, 6.45) is 2.38. The van der Waals surface area contributed by atoms with E-state index >= 15 is 0 Å². The number of allylic oxidation sites excluding steroid dienone is 1. The molecule has 2 rings (SSSR count). The van der Waals surface area contributed by atoms with Crippen LogP contribution in [0.3, 0.4) is 0 Å². The van der Waals surface area contributed by atoms with Crippen molar-refractivity contribution in [2.24, 2.45) is 0 Å². The van der Waals surface area contributed by atoms with Gasteiger partial charge in [-0.25, -0.2) is 0 Å². The summed E-state index contributed by atoms with van der Waals surface area (Å²) in [4.78, 5) is 11.8. The lowest BCUT2D eigenvalue weighted by Gasteiger charge is -2.04. The normalized spacial score (nSPS) is 11.2. The van der Waals surface area contributed by atoms with Crippen LogP contribution in [-0.4, -0.2) is 5.91 Å². The fourth-order valence-electron chi connectivity index (χ4n) is 1.93. The number of hydrogen-bond donors (Lipinski definition) is 1. The first-order valence-electron chi connectivity index (χ1n) is 6.78. The first-order chi connectivity index (χ1) is 9.75. The molecule has 0 saturated heterocycles. The number of hydrogen-bond acceptors (Lipinski definition) is 1. The van der Waals surface area contributed by atoms with Gasteiger partial charge in [0.25, 0.3) is 0 Å². The van der Waals surface area contributed by atoms with Crippen molar-refractivity contribution >= 4 is 11.5 Å². The van der Waals surface area contributed by atoms with Gasteiger partial charge in [0, 0.05) is 13.0 Å². The summed E-state index contributed by atoms with van der Waals surface area (Å²) in [5.74, 6) is 0.0455. The van der Waals surface area contributed by atoms with E-state index in [9.17, 15) is 4.79 Å². The molecule has 0 atom stereocenters. The quantitative estimate of drug-likeness (QED) is 0.875. The Balaban J connectivity index is 1.83. The molecular weight excluding hydrogens is 246 g/mol. The van der Waals surface area contributed by atoms with Crippen LogP contribution in [0.1, 0.15) is 24.5 Å². The molecule has 0 radical (unpaired) electrons. The van der Waals surface area contributed by atoms with E-state index in [1.54, 1.807) is 0 Å². The summed E-state index contributed by atoms with van der Waals surface area (Å²) in [6, 6.07) is 20.0. The Morgan fingerprint density at radius 2 is 1.60 bits per heavy atom. The first kappa shape index (κ1) is 14.1. The van der Waals surface area contributed by atoms with Gasteiger partial charge in [-0.15, -0.1) is 0 Å². The molecule has 1 N–H and O–H groups in total. The van der Waals surface area contributed by atoms with Crippen molar-refractivity contribution < 1.29 is 4.79 Å². The number of carbonyl (C=O) groups is 1. The Morgan fingerprint density at radius 1 is 1.00 bits per heavy atom. The molecule has 20 heavy (non-hydrogen) atoms. The van der Waals surface area contributed by atoms with E-state index < -0.39 is 0 Å². The molecule has 2 aromatic carbocycles. The van der Waals surface area contributed by atoms with Crippen molar-refractivity contribution in [3.05, 3.63) is 77.9 Å². The Morgan fingerprint density at radius 3 is 2.25 bits per heavy atom. The minimum absolute atomic E-state index is 0.0455. The minimum Gasteiger partial charge on any atom is -0.352 e. The van der Waals surface area contributed by atoms with Gasteiger partial charge in [-0.1, -0.05) is 66.7 Å². The van der Waals surface area contributed by atoms with Crippen molar-refractivity contribution in [1.29, 1.82) is 0 Å². The highest BCUT2D eigenvalue weighted by atomic mass is 16.1. The van der Waals surface area contributed by atoms with Gasteiger partial charge in [-0.05, 0) is 23.6 Å². The van der Waals surface area contributed by atoms with E-state index in [-0.39, 0.29) is 5.91 Å². The van der Waals surface area contributed by atoms with E-state index in [0.717, 1.165) is 16.7 Å². The van der Waals surface area contributed by atoms with Gasteiger partial charge < -0.3 is 5.32 Å². The summed E-state index contributed by atoms with van der Waals surface area (Å²) in [6.45, 7) is 2.61. The number of rotatable bonds is 5. The Hall–Kier alpha value is -2.35. The average molecular weight is 265 g/mol. The SMILES string of the molecule is CC(=CCC(=O)NCc1ccccc1)c1ccccc1. The smallest absolute Gasteiger partial charge is 0.224 e. The van der Waals surface area contributed by atoms with Gasteiger partial charge in [-0.3, -0.25) is 4.79 Å². The fourth-order valence-corrected chi connectivity index (χ4v) is 1.93. The molecule has 102 valence electrons. The molecule has 0 heterocycles. The topological polar surface area (TPSA) is 29.1 Å². The predicted octanol–water partition coefficient (Wildman–Crippen LogP) is 3.80. The summed E-state index contributed by atoms with van der Waals surface area (Å²) in [7, 11) is 0. The van der Waals surface area contributed by atoms with Gasteiger partial charge >= 0.3 is 0 Å². The van der Waals surface area contributed by atoms with Gasteiger partial charge in [0.2, 0.25) is 5.91 Å². The molecular formula is C18H19NO. The maximum atomic E-state index is 11.8. The van der Waals surface area contributed by atoms with E-state index in [2.05, 4.69) is 5.32 Å². The van der Waals surface area contributed by atoms with Crippen molar-refractivity contribution in [2.75, 3.05) is 0 Å². The molecule has 2 aromatic rings. The zero-order valence-corrected chi connectivity index (χ0v) is 11.7. The molecule has 0 spiro atoms. The second kappa shape index (κ2) is 7.29. The predicted molar refractivity (Wildman–Crippen MR) is 83.0 cm³/mol. The van der Waals surface area contributed by atoms with E-state index in [4.69, 9.17) is 0 Å². The largest absolute Gasteiger partial charge is 0.352 e. The molecule has 0 aliphatic heterocycles. The Bertz CT molecular complexity index is 573. The maximum Gasteiger partial charge on any atom is 0.224 e. The number of carbonyl (C=O) groups excluding carboxylic acids is 1. The lowest BCUT2D eigenvalue weighted by Crippen LogP contribution is -2.21. The number of benzene rings is 2. The molecule has 2 heteroatoms. The highest BCUT2D eigenvalue weighted by molar-refractivity contribution is 5.79. The van der Waals surface area contributed by atoms with E-state index in [1.807, 2.05) is 73.7 Å². The second-order valence-electron chi connectivity index (χ2n) is 4.72. The summed E-state index contributed by atoms with van der Waals surface area (Å²) >= 11 is 0. The van der Waals surface area contributed by atoms with Crippen LogP contribution >= 0.6 is 0 Å². The molecule has 2 nitrogen and oxygen atoms in total. The molecule has 0 aliphatic carbocycles. The van der Waals surface area contributed by atoms with Gasteiger partial charge in [0.1, 0.15) is 0 Å². The third-order valence-electron chi connectivity index (χ3n) is 3.16. The summed E-state index contributed by atoms with van der Waals surface area (Å²) < 4.78 is 0. The van der Waals surface area contributed by atoms with Crippen molar-refractivity contribution in [3.63, 3.8) is 0 Å². The minimum atomic E-state index is 0.0455. The lowest BCUT2D eigenvalue weighted by atomic mass is 10.1. The highest BCUT2D eigenvalue weighted by Gasteiger charge is 2.00. The number of amides is 1. The van der Waals surface area contributed by atoms with Crippen LogP contribution in [0.4, 0.5) is 0 Å². The van der Waals surface area contributed by atoms with Crippen LogP contribution in [0.5, 0.6) is 0 Å². The summed E-state index contributed by atoms with van der Waals surface area (Å²) in [5, 5.41) is 2.92. The third-order valence-corrected chi connectivity index (χ3v) is 3.16. The monoisotopic (exact) mass is 265 g/mol. The van der Waals surface area contributed by atoms with E-state index in [1.165, 1.54) is 0 Å². The van der Waals surface area contributed by atoms with E-state index in [0.29, 0.717) is 13.0 Å². The van der Waals surface area contributed by atoms with Crippen molar-refractivity contribution in [1.82, 2.24) is 5.32 Å². The molecule has 0 fully saturated rings. The van der Waals surface area contributed by atoms with Crippen LogP contribution in [0.25, 0.3) is 5.57 Å². The molecule has 0 aromatic heterocycles. The molecule has 0 bridgehead atoms. The van der Waals surface area contributed by atoms with Gasteiger partial charge in [0.05, 0.1) is 0 Å². The zero-order valence-electron chi connectivity index (χ0n) is 11.7. The van der Waals surface area contributed by atoms with Crippen LogP contribution in [-0.2, 0) is 11.3 Å². The number of nitrogens with one attached hydrogen (secondary N) is 1. The molecule has 0 aliphatic rings. The second-order valence-corrected chi connectivity index (χ2v) is 4.72. The van der Waals surface area contributed by atoms with Gasteiger partial charge in [-0.2, -0.15) is 0 Å². The third kappa shape index (κ3) is 4.39. The van der Waals surface area contributed by atoms with Crippen molar-refractivity contribution in [3.8, 4) is 0 Å².